The molecule has 0 unspecified atom stereocenters. The summed E-state index contributed by atoms with van der Waals surface area (Å²) in [6.45, 7) is 5.86. The molecule has 0 atom stereocenters. The fraction of sp³-hybridized carbons (Fsp3) is 0.533. The maximum atomic E-state index is 12.2. The molecule has 0 aromatic heterocycles. The zero-order valence-corrected chi connectivity index (χ0v) is 25.0. The predicted molar refractivity (Wildman–Crippen MR) is 153 cm³/mol. The zero-order chi connectivity index (χ0) is 31.6. The Hall–Kier alpha value is -3.98. The maximum absolute atomic E-state index is 12.2. The fourth-order valence-corrected chi connectivity index (χ4v) is 3.81. The Balaban J connectivity index is 1.61. The minimum absolute atomic E-state index is 0.0604. The Morgan fingerprint density at radius 1 is 0.545 bits per heavy atom. The summed E-state index contributed by atoms with van der Waals surface area (Å²) in [5, 5.41) is 21.0. The number of fused-ring (bicyclic) bond motifs is 2. The van der Waals surface area contributed by atoms with Gasteiger partial charge in [-0.2, -0.15) is 0 Å². The summed E-state index contributed by atoms with van der Waals surface area (Å²) < 4.78 is 55.1. The molecule has 0 amide bonds. The molecule has 2 N–H and O–H groups in total. The summed E-state index contributed by atoms with van der Waals surface area (Å²) in [5.74, 6) is -1.35. The van der Waals surface area contributed by atoms with Crippen LogP contribution in [0.25, 0.3) is 0 Å². The number of esters is 2. The summed E-state index contributed by atoms with van der Waals surface area (Å²) in [6.07, 6.45) is 0. The van der Waals surface area contributed by atoms with Crippen LogP contribution >= 0.6 is 0 Å². The fourth-order valence-electron chi connectivity index (χ4n) is 3.81. The van der Waals surface area contributed by atoms with E-state index >= 15 is 0 Å². The van der Waals surface area contributed by atoms with Crippen LogP contribution in [0.2, 0.25) is 0 Å². The van der Waals surface area contributed by atoms with E-state index in [0.29, 0.717) is 0 Å². The molecule has 14 heteroatoms. The van der Waals surface area contributed by atoms with E-state index in [9.17, 15) is 19.8 Å². The third-order valence-electron chi connectivity index (χ3n) is 5.76. The first-order valence-corrected chi connectivity index (χ1v) is 14.3. The first-order chi connectivity index (χ1) is 21.4. The van der Waals surface area contributed by atoms with Crippen molar-refractivity contribution in [2.24, 2.45) is 0 Å². The highest BCUT2D eigenvalue weighted by atomic mass is 16.6. The molecule has 14 nitrogen and oxygen atoms in total. The molecule has 2 aromatic carbocycles. The molecule has 0 saturated heterocycles. The van der Waals surface area contributed by atoms with Gasteiger partial charge < -0.3 is 57.6 Å². The average Bonchev–Trinajstić information content (AvgIpc) is 3.00. The Labute approximate surface area is 255 Å². The standard InChI is InChI=1S/C30H40O14/c1-3-39-29(33)21-17-23(31)27-25(19-21)41-13-9-35-5-7-38-12-16-44-28-24(32)18-22(30(34)40-4-2)20-26(28)42-14-10-36-6-8-37-11-15-43-27/h17-20,31-32H,3-16H2,1-2H3. The normalized spacial score (nSPS) is 16.2. The third-order valence-corrected chi connectivity index (χ3v) is 5.76. The summed E-state index contributed by atoms with van der Waals surface area (Å²) in [5.41, 5.74) is 0.230. The molecule has 44 heavy (non-hydrogen) atoms. The number of phenols is 2. The van der Waals surface area contributed by atoms with Crippen LogP contribution in [-0.4, -0.2) is 115 Å². The van der Waals surface area contributed by atoms with Crippen molar-refractivity contribution in [2.45, 2.75) is 13.8 Å². The summed E-state index contributed by atoms with van der Waals surface area (Å²) in [4.78, 5) is 24.4. The molecule has 244 valence electrons. The van der Waals surface area contributed by atoms with Crippen molar-refractivity contribution in [3.63, 3.8) is 0 Å². The minimum Gasteiger partial charge on any atom is -0.504 e. The van der Waals surface area contributed by atoms with Gasteiger partial charge in [0.05, 0.1) is 77.2 Å². The lowest BCUT2D eigenvalue weighted by molar-refractivity contribution is 0.0219. The topological polar surface area (TPSA) is 167 Å². The lowest BCUT2D eigenvalue weighted by Gasteiger charge is -2.17. The average molecular weight is 625 g/mol. The quantitative estimate of drug-likeness (QED) is 0.477. The van der Waals surface area contributed by atoms with Crippen molar-refractivity contribution in [3.8, 4) is 34.5 Å². The second-order valence-corrected chi connectivity index (χ2v) is 8.93. The van der Waals surface area contributed by atoms with Gasteiger partial charge in [0.1, 0.15) is 26.4 Å². The maximum Gasteiger partial charge on any atom is 0.338 e. The van der Waals surface area contributed by atoms with E-state index in [0.717, 1.165) is 0 Å². The van der Waals surface area contributed by atoms with E-state index in [-0.39, 0.29) is 138 Å². The SMILES string of the molecule is CCOC(=O)c1cc(O)c2c(c1)OCCOCCOCCOc1c(O)cc(C(=O)OCC)cc1OCCOCCOCCO2. The van der Waals surface area contributed by atoms with Crippen LogP contribution < -0.4 is 18.9 Å². The number of carbonyl (C=O) groups is 2. The number of aromatic hydroxyl groups is 2. The largest absolute Gasteiger partial charge is 0.504 e. The molecular weight excluding hydrogens is 584 g/mol. The Kier molecular flexibility index (Phi) is 15.2. The van der Waals surface area contributed by atoms with E-state index in [1.54, 1.807) is 13.8 Å². The molecule has 0 fully saturated rings. The molecule has 1 aliphatic rings. The van der Waals surface area contributed by atoms with Gasteiger partial charge in [0, 0.05) is 0 Å². The number of hydrogen-bond donors (Lipinski definition) is 2. The molecule has 0 bridgehead atoms. The predicted octanol–water partition coefficient (Wildman–Crippen LogP) is 2.75. The van der Waals surface area contributed by atoms with Crippen molar-refractivity contribution >= 4 is 11.9 Å². The van der Waals surface area contributed by atoms with Gasteiger partial charge in [-0.1, -0.05) is 0 Å². The molecule has 1 aliphatic heterocycles. The van der Waals surface area contributed by atoms with E-state index in [2.05, 4.69) is 0 Å². The molecule has 3 rings (SSSR count). The van der Waals surface area contributed by atoms with Gasteiger partial charge in [-0.15, -0.1) is 0 Å². The van der Waals surface area contributed by atoms with Crippen LogP contribution in [0.4, 0.5) is 0 Å². The molecule has 0 aliphatic carbocycles. The van der Waals surface area contributed by atoms with Crippen molar-refractivity contribution in [1.29, 1.82) is 0 Å². The lowest BCUT2D eigenvalue weighted by atomic mass is 10.2. The number of ether oxygens (including phenoxy) is 10. The van der Waals surface area contributed by atoms with E-state index in [4.69, 9.17) is 47.4 Å². The molecule has 0 spiro atoms. The lowest BCUT2D eigenvalue weighted by Crippen LogP contribution is -2.16. The van der Waals surface area contributed by atoms with E-state index in [1.807, 2.05) is 0 Å². The van der Waals surface area contributed by atoms with Gasteiger partial charge in [0.15, 0.2) is 23.0 Å². The van der Waals surface area contributed by atoms with Crippen LogP contribution in [0.5, 0.6) is 34.5 Å². The first kappa shape index (κ1) is 34.5. The number of phenolic OH excluding ortho intramolecular Hbond substituents is 2. The van der Waals surface area contributed by atoms with Crippen molar-refractivity contribution in [2.75, 3.05) is 92.5 Å². The van der Waals surface area contributed by atoms with Crippen LogP contribution in [0.1, 0.15) is 34.6 Å². The molecule has 1 heterocycles. The second-order valence-electron chi connectivity index (χ2n) is 8.93. The van der Waals surface area contributed by atoms with Crippen molar-refractivity contribution < 1.29 is 67.2 Å². The van der Waals surface area contributed by atoms with Crippen molar-refractivity contribution in [3.05, 3.63) is 35.4 Å². The summed E-state index contributed by atoms with van der Waals surface area (Å²) in [6, 6.07) is 5.37. The van der Waals surface area contributed by atoms with Crippen LogP contribution in [0.15, 0.2) is 24.3 Å². The number of carbonyl (C=O) groups excluding carboxylic acids is 2. The van der Waals surface area contributed by atoms with Gasteiger partial charge in [-0.25, -0.2) is 9.59 Å². The molecule has 0 radical (unpaired) electrons. The van der Waals surface area contributed by atoms with Crippen LogP contribution in [-0.2, 0) is 28.4 Å². The molecule has 0 saturated carbocycles. The van der Waals surface area contributed by atoms with Crippen LogP contribution in [0, 0.1) is 0 Å². The Bertz CT molecular complexity index is 1090. The van der Waals surface area contributed by atoms with Gasteiger partial charge in [0.25, 0.3) is 0 Å². The van der Waals surface area contributed by atoms with Crippen molar-refractivity contribution in [1.82, 2.24) is 0 Å². The highest BCUT2D eigenvalue weighted by Gasteiger charge is 2.19. The van der Waals surface area contributed by atoms with Crippen LogP contribution in [0.3, 0.4) is 0 Å². The number of benzene rings is 2. The summed E-state index contributed by atoms with van der Waals surface area (Å²) in [7, 11) is 0. The second kappa shape index (κ2) is 19.3. The zero-order valence-electron chi connectivity index (χ0n) is 25.0. The first-order valence-electron chi connectivity index (χ1n) is 14.3. The van der Waals surface area contributed by atoms with Gasteiger partial charge in [-0.3, -0.25) is 0 Å². The minimum atomic E-state index is -0.606. The number of rotatable bonds is 4. The monoisotopic (exact) mass is 624 g/mol. The van der Waals surface area contributed by atoms with Gasteiger partial charge in [-0.05, 0) is 38.1 Å². The van der Waals surface area contributed by atoms with Gasteiger partial charge >= 0.3 is 11.9 Å². The van der Waals surface area contributed by atoms with E-state index < -0.39 is 11.9 Å². The smallest absolute Gasteiger partial charge is 0.338 e. The molecule has 2 aromatic rings. The number of hydrogen-bond acceptors (Lipinski definition) is 14. The van der Waals surface area contributed by atoms with Gasteiger partial charge in [0.2, 0.25) is 11.5 Å². The summed E-state index contributed by atoms with van der Waals surface area (Å²) >= 11 is 0. The molecular formula is C30H40O14. The Morgan fingerprint density at radius 3 is 1.20 bits per heavy atom. The highest BCUT2D eigenvalue weighted by molar-refractivity contribution is 5.91. The highest BCUT2D eigenvalue weighted by Crippen LogP contribution is 2.39. The third kappa shape index (κ3) is 11.3. The van der Waals surface area contributed by atoms with E-state index in [1.165, 1.54) is 24.3 Å². The Morgan fingerprint density at radius 2 is 0.864 bits per heavy atom.